The van der Waals surface area contributed by atoms with Crippen molar-refractivity contribution in [3.63, 3.8) is 0 Å². The maximum Gasteiger partial charge on any atom is 0.264 e. The Kier molecular flexibility index (Phi) is 5.54. The number of hydrogen-bond acceptors (Lipinski definition) is 6. The maximum absolute atomic E-state index is 13.2. The monoisotopic (exact) mass is 363 g/mol. The van der Waals surface area contributed by atoms with Gasteiger partial charge in [0.1, 0.15) is 11.4 Å². The van der Waals surface area contributed by atoms with Gasteiger partial charge in [-0.2, -0.15) is 4.98 Å². The number of methoxy groups -OCH3 is 2. The quantitative estimate of drug-likeness (QED) is 0.813. The summed E-state index contributed by atoms with van der Waals surface area (Å²) >= 11 is 1.43. The summed E-state index contributed by atoms with van der Waals surface area (Å²) in [5.74, 6) is 1.19. The molecule has 0 spiro atoms. The lowest BCUT2D eigenvalue weighted by Crippen LogP contribution is -2.43. The number of aromatic nitrogens is 2. The molecule has 1 fully saturated rings. The highest BCUT2D eigenvalue weighted by atomic mass is 32.1. The van der Waals surface area contributed by atoms with Gasteiger partial charge in [-0.1, -0.05) is 6.92 Å². The number of hydrogen-bond donors (Lipinski definition) is 0. The van der Waals surface area contributed by atoms with Gasteiger partial charge in [-0.15, -0.1) is 11.3 Å². The van der Waals surface area contributed by atoms with Gasteiger partial charge >= 0.3 is 0 Å². The maximum atomic E-state index is 13.2. The molecule has 3 heterocycles. The fraction of sp³-hybridized carbons (Fsp3) is 0.611. The smallest absolute Gasteiger partial charge is 0.264 e. The van der Waals surface area contributed by atoms with Crippen molar-refractivity contribution in [1.29, 1.82) is 0 Å². The van der Waals surface area contributed by atoms with E-state index in [9.17, 15) is 4.79 Å². The van der Waals surface area contributed by atoms with Crippen molar-refractivity contribution in [3.05, 3.63) is 16.3 Å². The number of nitrogens with zero attached hydrogens (tertiary/aromatic N) is 3. The number of fused-ring (bicyclic) bond motifs is 1. The molecule has 0 saturated carbocycles. The van der Waals surface area contributed by atoms with Gasteiger partial charge in [0, 0.05) is 19.7 Å². The van der Waals surface area contributed by atoms with Crippen molar-refractivity contribution in [2.24, 2.45) is 0 Å². The summed E-state index contributed by atoms with van der Waals surface area (Å²) in [6.07, 6.45) is 4.37. The molecule has 0 N–H and O–H groups in total. The fourth-order valence-corrected chi connectivity index (χ4v) is 4.66. The molecule has 136 valence electrons. The van der Waals surface area contributed by atoms with Crippen LogP contribution in [-0.4, -0.2) is 47.6 Å². The summed E-state index contributed by atoms with van der Waals surface area (Å²) < 4.78 is 10.6. The first kappa shape index (κ1) is 18.1. The Hall–Kier alpha value is -1.73. The number of amides is 1. The highest BCUT2D eigenvalue weighted by molar-refractivity contribution is 7.20. The molecule has 2 aromatic heterocycles. The fourth-order valence-electron chi connectivity index (χ4n) is 3.51. The molecule has 0 aliphatic carbocycles. The van der Waals surface area contributed by atoms with E-state index < -0.39 is 0 Å². The summed E-state index contributed by atoms with van der Waals surface area (Å²) in [6, 6.07) is 0.336. The Labute approximate surface area is 152 Å². The van der Waals surface area contributed by atoms with Crippen LogP contribution in [0.4, 0.5) is 0 Å². The van der Waals surface area contributed by atoms with Crippen LogP contribution in [0.15, 0.2) is 0 Å². The van der Waals surface area contributed by atoms with Gasteiger partial charge in [0.05, 0.1) is 17.4 Å². The van der Waals surface area contributed by atoms with Crippen molar-refractivity contribution >= 4 is 27.5 Å². The summed E-state index contributed by atoms with van der Waals surface area (Å²) in [7, 11) is 3.20. The summed E-state index contributed by atoms with van der Waals surface area (Å²) in [4.78, 5) is 25.7. The second kappa shape index (κ2) is 7.66. The van der Waals surface area contributed by atoms with E-state index in [1.807, 2.05) is 11.8 Å². The third kappa shape index (κ3) is 3.35. The van der Waals surface area contributed by atoms with Crippen LogP contribution in [0, 0.1) is 6.92 Å². The number of thiophene rings is 1. The minimum Gasteiger partial charge on any atom is -0.480 e. The predicted octanol–water partition coefficient (Wildman–Crippen LogP) is 3.56. The number of piperidine rings is 1. The van der Waals surface area contributed by atoms with Gasteiger partial charge in [-0.25, -0.2) is 4.98 Å². The molecule has 0 aromatic carbocycles. The SMILES string of the molecule is CCC1CCCCN1C(=O)c1sc2nc(COC)nc(OC)c2c1C. The van der Waals surface area contributed by atoms with E-state index in [1.54, 1.807) is 14.2 Å². The van der Waals surface area contributed by atoms with Crippen molar-refractivity contribution in [2.45, 2.75) is 52.2 Å². The molecular weight excluding hydrogens is 338 g/mol. The van der Waals surface area contributed by atoms with E-state index in [1.165, 1.54) is 17.8 Å². The predicted molar refractivity (Wildman–Crippen MR) is 98.4 cm³/mol. The van der Waals surface area contributed by atoms with Gasteiger partial charge in [0.2, 0.25) is 5.88 Å². The van der Waals surface area contributed by atoms with E-state index >= 15 is 0 Å². The number of carbonyl (C=O) groups is 1. The van der Waals surface area contributed by atoms with Crippen LogP contribution in [0.1, 0.15) is 53.7 Å². The van der Waals surface area contributed by atoms with Crippen LogP contribution < -0.4 is 4.74 Å². The Morgan fingerprint density at radius 2 is 2.12 bits per heavy atom. The van der Waals surface area contributed by atoms with Gasteiger partial charge in [-0.3, -0.25) is 4.79 Å². The molecule has 1 amide bonds. The van der Waals surface area contributed by atoms with E-state index in [0.717, 1.165) is 46.5 Å². The second-order valence-electron chi connectivity index (χ2n) is 6.37. The molecule has 25 heavy (non-hydrogen) atoms. The lowest BCUT2D eigenvalue weighted by atomic mass is 9.99. The highest BCUT2D eigenvalue weighted by Gasteiger charge is 2.30. The Morgan fingerprint density at radius 3 is 2.80 bits per heavy atom. The first-order valence-corrected chi connectivity index (χ1v) is 9.56. The molecule has 1 aliphatic heterocycles. The molecule has 1 atom stereocenters. The first-order valence-electron chi connectivity index (χ1n) is 8.74. The number of ether oxygens (including phenoxy) is 2. The minimum absolute atomic E-state index is 0.113. The molecule has 1 saturated heterocycles. The van der Waals surface area contributed by atoms with Crippen LogP contribution in [0.3, 0.4) is 0 Å². The van der Waals surface area contributed by atoms with Crippen LogP contribution in [0.25, 0.3) is 10.2 Å². The molecular formula is C18H25N3O3S. The third-order valence-corrected chi connectivity index (χ3v) is 6.00. The average Bonchev–Trinajstić information content (AvgIpc) is 2.97. The van der Waals surface area contributed by atoms with Gasteiger partial charge in [0.25, 0.3) is 5.91 Å². The Bertz CT molecular complexity index is 775. The molecule has 0 radical (unpaired) electrons. The Balaban J connectivity index is 2.04. The molecule has 0 bridgehead atoms. The highest BCUT2D eigenvalue weighted by Crippen LogP contribution is 2.36. The molecule has 7 heteroatoms. The molecule has 6 nitrogen and oxygen atoms in total. The number of aryl methyl sites for hydroxylation is 1. The minimum atomic E-state index is 0.113. The number of rotatable bonds is 5. The van der Waals surface area contributed by atoms with Crippen molar-refractivity contribution in [1.82, 2.24) is 14.9 Å². The normalized spacial score (nSPS) is 17.9. The zero-order valence-electron chi connectivity index (χ0n) is 15.3. The largest absolute Gasteiger partial charge is 0.480 e. The van der Waals surface area contributed by atoms with Crippen molar-refractivity contribution in [2.75, 3.05) is 20.8 Å². The van der Waals surface area contributed by atoms with E-state index in [-0.39, 0.29) is 5.91 Å². The van der Waals surface area contributed by atoms with Crippen molar-refractivity contribution < 1.29 is 14.3 Å². The van der Waals surface area contributed by atoms with E-state index in [2.05, 4.69) is 16.9 Å². The van der Waals surface area contributed by atoms with E-state index in [4.69, 9.17) is 9.47 Å². The third-order valence-electron chi connectivity index (χ3n) is 4.82. The average molecular weight is 363 g/mol. The molecule has 3 rings (SSSR count). The van der Waals surface area contributed by atoms with Gasteiger partial charge in [0.15, 0.2) is 5.82 Å². The number of carbonyl (C=O) groups excluding carboxylic acids is 1. The van der Waals surface area contributed by atoms with Crippen molar-refractivity contribution in [3.8, 4) is 5.88 Å². The zero-order chi connectivity index (χ0) is 18.0. The topological polar surface area (TPSA) is 64.6 Å². The molecule has 2 aromatic rings. The van der Waals surface area contributed by atoms with Crippen LogP contribution >= 0.6 is 11.3 Å². The zero-order valence-corrected chi connectivity index (χ0v) is 16.1. The van der Waals surface area contributed by atoms with E-state index in [0.29, 0.717) is 24.4 Å². The van der Waals surface area contributed by atoms with Crippen LogP contribution in [0.5, 0.6) is 5.88 Å². The van der Waals surface area contributed by atoms with Gasteiger partial charge < -0.3 is 14.4 Å². The Morgan fingerprint density at radius 1 is 1.32 bits per heavy atom. The standard InChI is InChI=1S/C18H25N3O3S/c1-5-12-8-6-7-9-21(12)18(22)15-11(2)14-16(24-4)19-13(10-23-3)20-17(14)25-15/h12H,5-10H2,1-4H3. The molecule has 1 unspecified atom stereocenters. The van der Waals surface area contributed by atoms with Gasteiger partial charge in [-0.05, 0) is 38.2 Å². The lowest BCUT2D eigenvalue weighted by Gasteiger charge is -2.35. The summed E-state index contributed by atoms with van der Waals surface area (Å²) in [6.45, 7) is 5.26. The van der Waals surface area contributed by atoms with Crippen LogP contribution in [0.2, 0.25) is 0 Å². The van der Waals surface area contributed by atoms with Crippen LogP contribution in [-0.2, 0) is 11.3 Å². The second-order valence-corrected chi connectivity index (χ2v) is 7.37. The summed E-state index contributed by atoms with van der Waals surface area (Å²) in [5, 5.41) is 0.834. The first-order chi connectivity index (χ1) is 12.1. The molecule has 1 aliphatic rings. The lowest BCUT2D eigenvalue weighted by molar-refractivity contribution is 0.0612. The number of likely N-dealkylation sites (tertiary alicyclic amines) is 1. The summed E-state index contributed by atoms with van der Waals surface area (Å²) in [5.41, 5.74) is 0.909.